The van der Waals surface area contributed by atoms with Crippen LogP contribution in [-0.2, 0) is 0 Å². The predicted molar refractivity (Wildman–Crippen MR) is 79.6 cm³/mol. The fourth-order valence-electron chi connectivity index (χ4n) is 2.03. The van der Waals surface area contributed by atoms with E-state index in [0.29, 0.717) is 10.5 Å². The fourth-order valence-corrected chi connectivity index (χ4v) is 2.30. The van der Waals surface area contributed by atoms with E-state index in [-0.39, 0.29) is 12.5 Å². The number of nitrogens with zero attached hydrogens (tertiary/aromatic N) is 2. The van der Waals surface area contributed by atoms with Crippen molar-refractivity contribution >= 4 is 18.1 Å². The Morgan fingerprint density at radius 3 is 2.70 bits per heavy atom. The smallest absolute Gasteiger partial charge is 0.272 e. The highest BCUT2D eigenvalue weighted by molar-refractivity contribution is 7.71. The SMILES string of the molecule is C[C@@H](O)CN(C)C(=O)c1c[nH]c(=S)n1-c1ccccc1. The Hall–Kier alpha value is -1.92. The maximum atomic E-state index is 12.4. The van der Waals surface area contributed by atoms with Crippen LogP contribution in [0.15, 0.2) is 36.5 Å². The lowest BCUT2D eigenvalue weighted by molar-refractivity contribution is 0.0696. The molecule has 6 heteroatoms. The van der Waals surface area contributed by atoms with Crippen molar-refractivity contribution < 1.29 is 9.90 Å². The first kappa shape index (κ1) is 14.5. The number of hydrogen-bond acceptors (Lipinski definition) is 3. The van der Waals surface area contributed by atoms with Crippen molar-refractivity contribution in [3.8, 4) is 5.69 Å². The van der Waals surface area contributed by atoms with Crippen molar-refractivity contribution in [1.29, 1.82) is 0 Å². The summed E-state index contributed by atoms with van der Waals surface area (Å²) in [5.74, 6) is -0.192. The van der Waals surface area contributed by atoms with Crippen molar-refractivity contribution in [1.82, 2.24) is 14.5 Å². The van der Waals surface area contributed by atoms with Gasteiger partial charge in [-0.3, -0.25) is 9.36 Å². The second-order valence-electron chi connectivity index (χ2n) is 4.68. The van der Waals surface area contributed by atoms with E-state index in [1.807, 2.05) is 30.3 Å². The predicted octanol–water partition coefficient (Wildman–Crippen LogP) is 1.99. The lowest BCUT2D eigenvalue weighted by Crippen LogP contribution is -2.34. The molecular formula is C14H17N3O2S. The van der Waals surface area contributed by atoms with Crippen molar-refractivity contribution in [3.05, 3.63) is 47.0 Å². The number of aromatic nitrogens is 2. The summed E-state index contributed by atoms with van der Waals surface area (Å²) < 4.78 is 2.15. The van der Waals surface area contributed by atoms with Crippen molar-refractivity contribution in [2.45, 2.75) is 13.0 Å². The molecule has 0 aliphatic rings. The highest BCUT2D eigenvalue weighted by Crippen LogP contribution is 2.14. The van der Waals surface area contributed by atoms with Crippen LogP contribution >= 0.6 is 12.2 Å². The first-order valence-electron chi connectivity index (χ1n) is 6.30. The molecule has 0 bridgehead atoms. The number of para-hydroxylation sites is 1. The topological polar surface area (TPSA) is 61.3 Å². The second kappa shape index (κ2) is 6.02. The van der Waals surface area contributed by atoms with Gasteiger partial charge in [0.25, 0.3) is 5.91 Å². The van der Waals surface area contributed by atoms with E-state index in [0.717, 1.165) is 5.69 Å². The number of benzene rings is 1. The molecule has 0 spiro atoms. The third-order valence-electron chi connectivity index (χ3n) is 2.89. The lowest BCUT2D eigenvalue weighted by Gasteiger charge is -2.19. The summed E-state index contributed by atoms with van der Waals surface area (Å²) in [5.41, 5.74) is 1.27. The quantitative estimate of drug-likeness (QED) is 0.847. The van der Waals surface area contributed by atoms with Gasteiger partial charge in [0.05, 0.1) is 6.10 Å². The molecule has 106 valence electrons. The number of aliphatic hydroxyl groups is 1. The van der Waals surface area contributed by atoms with Crippen LogP contribution in [0.25, 0.3) is 5.69 Å². The minimum absolute atomic E-state index is 0.192. The zero-order valence-electron chi connectivity index (χ0n) is 11.4. The zero-order valence-corrected chi connectivity index (χ0v) is 12.2. The van der Waals surface area contributed by atoms with Gasteiger partial charge in [-0.2, -0.15) is 0 Å². The van der Waals surface area contributed by atoms with Crippen molar-refractivity contribution in [2.75, 3.05) is 13.6 Å². The van der Waals surface area contributed by atoms with Crippen LogP contribution in [0.1, 0.15) is 17.4 Å². The molecule has 0 saturated heterocycles. The zero-order chi connectivity index (χ0) is 14.7. The molecule has 0 saturated carbocycles. The molecule has 0 fully saturated rings. The Kier molecular flexibility index (Phi) is 4.36. The van der Waals surface area contributed by atoms with Crippen LogP contribution in [0.3, 0.4) is 0 Å². The van der Waals surface area contributed by atoms with Crippen molar-refractivity contribution in [2.24, 2.45) is 0 Å². The number of likely N-dealkylation sites (N-methyl/N-ethyl adjacent to an activating group) is 1. The molecule has 5 nitrogen and oxygen atoms in total. The van der Waals surface area contributed by atoms with Crippen LogP contribution in [-0.4, -0.2) is 45.2 Å². The molecule has 0 unspecified atom stereocenters. The molecule has 1 atom stereocenters. The average Bonchev–Trinajstić information content (AvgIpc) is 2.80. The Labute approximate surface area is 122 Å². The number of aromatic amines is 1. The first-order chi connectivity index (χ1) is 9.50. The summed E-state index contributed by atoms with van der Waals surface area (Å²) in [4.78, 5) is 16.8. The molecule has 1 aromatic heterocycles. The second-order valence-corrected chi connectivity index (χ2v) is 5.07. The number of carbonyl (C=O) groups excluding carboxylic acids is 1. The van der Waals surface area contributed by atoms with Gasteiger partial charge >= 0.3 is 0 Å². The molecule has 2 aromatic rings. The van der Waals surface area contributed by atoms with Crippen LogP contribution < -0.4 is 0 Å². The molecular weight excluding hydrogens is 274 g/mol. The summed E-state index contributed by atoms with van der Waals surface area (Å²) in [6, 6.07) is 9.45. The average molecular weight is 291 g/mol. The lowest BCUT2D eigenvalue weighted by atomic mass is 10.3. The van der Waals surface area contributed by atoms with Gasteiger partial charge in [0.2, 0.25) is 0 Å². The van der Waals surface area contributed by atoms with E-state index in [4.69, 9.17) is 12.2 Å². The number of imidazole rings is 1. The molecule has 1 aromatic carbocycles. The van der Waals surface area contributed by atoms with E-state index in [2.05, 4.69) is 4.98 Å². The third-order valence-corrected chi connectivity index (χ3v) is 3.20. The molecule has 1 heterocycles. The number of amides is 1. The first-order valence-corrected chi connectivity index (χ1v) is 6.71. The Morgan fingerprint density at radius 1 is 1.45 bits per heavy atom. The van der Waals surface area contributed by atoms with Crippen molar-refractivity contribution in [3.63, 3.8) is 0 Å². The number of hydrogen-bond donors (Lipinski definition) is 2. The van der Waals surface area contributed by atoms with E-state index in [1.54, 1.807) is 24.7 Å². The van der Waals surface area contributed by atoms with Gasteiger partial charge in [0.15, 0.2) is 4.77 Å². The van der Waals surface area contributed by atoms with Gasteiger partial charge in [-0.1, -0.05) is 18.2 Å². The molecule has 1 amide bonds. The molecule has 0 radical (unpaired) electrons. The van der Waals surface area contributed by atoms with E-state index in [9.17, 15) is 9.90 Å². The Balaban J connectivity index is 2.40. The van der Waals surface area contributed by atoms with Crippen LogP contribution in [0.2, 0.25) is 0 Å². The highest BCUT2D eigenvalue weighted by atomic mass is 32.1. The molecule has 2 N–H and O–H groups in total. The summed E-state index contributed by atoms with van der Waals surface area (Å²) >= 11 is 5.24. The number of aliphatic hydroxyl groups excluding tert-OH is 1. The molecule has 20 heavy (non-hydrogen) atoms. The molecule has 0 aliphatic heterocycles. The summed E-state index contributed by atoms with van der Waals surface area (Å²) in [7, 11) is 1.65. The van der Waals surface area contributed by atoms with Crippen LogP contribution in [0, 0.1) is 4.77 Å². The van der Waals surface area contributed by atoms with Gasteiger partial charge in [-0.05, 0) is 31.3 Å². The van der Waals surface area contributed by atoms with Gasteiger partial charge in [0, 0.05) is 25.5 Å². The van der Waals surface area contributed by atoms with Crippen LogP contribution in [0.5, 0.6) is 0 Å². The van der Waals surface area contributed by atoms with E-state index < -0.39 is 6.10 Å². The monoisotopic (exact) mass is 291 g/mol. The van der Waals surface area contributed by atoms with Gasteiger partial charge in [-0.25, -0.2) is 0 Å². The number of rotatable bonds is 4. The number of H-pyrrole nitrogens is 1. The largest absolute Gasteiger partial charge is 0.392 e. The molecule has 0 aliphatic carbocycles. The standard InChI is InChI=1S/C14H17N3O2S/c1-10(18)9-16(2)13(19)12-8-15-14(20)17(12)11-6-4-3-5-7-11/h3-8,10,18H,9H2,1-2H3,(H,15,20)/t10-/m1/s1. The van der Waals surface area contributed by atoms with E-state index in [1.165, 1.54) is 4.90 Å². The van der Waals surface area contributed by atoms with Gasteiger partial charge < -0.3 is 15.0 Å². The number of carbonyl (C=O) groups is 1. The minimum atomic E-state index is -0.573. The summed E-state index contributed by atoms with van der Waals surface area (Å²) in [6.45, 7) is 1.91. The third kappa shape index (κ3) is 2.97. The summed E-state index contributed by atoms with van der Waals surface area (Å²) in [5, 5.41) is 9.38. The fraction of sp³-hybridized carbons (Fsp3) is 0.286. The van der Waals surface area contributed by atoms with E-state index >= 15 is 0 Å². The minimum Gasteiger partial charge on any atom is -0.392 e. The Morgan fingerprint density at radius 2 is 2.10 bits per heavy atom. The highest BCUT2D eigenvalue weighted by Gasteiger charge is 2.19. The maximum Gasteiger partial charge on any atom is 0.272 e. The summed E-state index contributed by atoms with van der Waals surface area (Å²) in [6.07, 6.45) is 1.02. The normalized spacial score (nSPS) is 12.2. The van der Waals surface area contributed by atoms with Gasteiger partial charge in [0.1, 0.15) is 5.69 Å². The Bertz CT molecular complexity index is 646. The van der Waals surface area contributed by atoms with Crippen LogP contribution in [0.4, 0.5) is 0 Å². The molecule has 2 rings (SSSR count). The maximum absolute atomic E-state index is 12.4. The number of nitrogens with one attached hydrogen (secondary N) is 1. The van der Waals surface area contributed by atoms with Gasteiger partial charge in [-0.15, -0.1) is 0 Å².